The Morgan fingerprint density at radius 3 is 2.70 bits per heavy atom. The lowest BCUT2D eigenvalue weighted by atomic mass is 10.3. The van der Waals surface area contributed by atoms with E-state index in [0.717, 1.165) is 11.8 Å². The van der Waals surface area contributed by atoms with E-state index < -0.39 is 10.9 Å². The minimum atomic E-state index is -1.18. The van der Waals surface area contributed by atoms with Gasteiger partial charge in [-0.15, -0.1) is 0 Å². The fourth-order valence-electron chi connectivity index (χ4n) is 1.46. The Morgan fingerprint density at radius 1 is 1.35 bits per heavy atom. The summed E-state index contributed by atoms with van der Waals surface area (Å²) in [6.07, 6.45) is 1.30. The highest BCUT2D eigenvalue weighted by atomic mass is 35.5. The maximum absolute atomic E-state index is 11.0. The third kappa shape index (κ3) is 2.89. The third-order valence-corrected chi connectivity index (χ3v) is 3.92. The van der Waals surface area contributed by atoms with Crippen LogP contribution in [0.2, 0.25) is 5.02 Å². The van der Waals surface area contributed by atoms with Gasteiger partial charge >= 0.3 is 5.97 Å². The lowest BCUT2D eigenvalue weighted by Gasteiger charge is -2.05. The van der Waals surface area contributed by atoms with Crippen molar-refractivity contribution in [2.75, 3.05) is 0 Å². The molecule has 102 valence electrons. The number of carboxylic acid groups (broad SMARTS) is 1. The molecule has 0 bridgehead atoms. The summed E-state index contributed by atoms with van der Waals surface area (Å²) in [5.74, 6) is -1.18. The number of rotatable bonds is 4. The molecule has 0 aliphatic heterocycles. The summed E-state index contributed by atoms with van der Waals surface area (Å²) in [7, 11) is 0. The monoisotopic (exact) mass is 310 g/mol. The molecule has 1 heterocycles. The number of carbonyl (C=O) groups is 1. The lowest BCUT2D eigenvalue weighted by molar-refractivity contribution is -0.387. The highest BCUT2D eigenvalue weighted by Gasteiger charge is 2.18. The van der Waals surface area contributed by atoms with Gasteiger partial charge in [0.1, 0.15) is 5.03 Å². The van der Waals surface area contributed by atoms with Gasteiger partial charge in [0.25, 0.3) is 5.69 Å². The standard InChI is InChI=1S/C12H7ClN2O4S/c13-10-7(12(16)17)5-6-14-11(10)20-9-4-2-1-3-8(9)15(18)19/h1-6H,(H,16,17). The van der Waals surface area contributed by atoms with Gasteiger partial charge in [-0.2, -0.15) is 0 Å². The molecule has 2 rings (SSSR count). The van der Waals surface area contributed by atoms with Crippen LogP contribution in [0.4, 0.5) is 5.69 Å². The SMILES string of the molecule is O=C(O)c1ccnc(Sc2ccccc2[N+](=O)[O-])c1Cl. The summed E-state index contributed by atoms with van der Waals surface area (Å²) in [5, 5.41) is 20.1. The molecular formula is C12H7ClN2O4S. The molecule has 6 nitrogen and oxygen atoms in total. The molecule has 0 fully saturated rings. The maximum Gasteiger partial charge on any atom is 0.337 e. The van der Waals surface area contributed by atoms with Gasteiger partial charge in [0.2, 0.25) is 0 Å². The molecule has 20 heavy (non-hydrogen) atoms. The minimum absolute atomic E-state index is 0.0387. The van der Waals surface area contributed by atoms with Crippen LogP contribution in [-0.2, 0) is 0 Å². The van der Waals surface area contributed by atoms with Crippen molar-refractivity contribution in [3.63, 3.8) is 0 Å². The Bertz CT molecular complexity index is 693. The Balaban J connectivity index is 2.43. The molecule has 0 aliphatic carbocycles. The predicted octanol–water partition coefficient (Wildman–Crippen LogP) is 3.49. The van der Waals surface area contributed by atoms with Crippen molar-refractivity contribution in [3.05, 3.63) is 57.2 Å². The molecule has 0 aliphatic rings. The zero-order chi connectivity index (χ0) is 14.7. The highest BCUT2D eigenvalue weighted by molar-refractivity contribution is 7.99. The van der Waals surface area contributed by atoms with Crippen LogP contribution in [0.3, 0.4) is 0 Å². The number of aromatic nitrogens is 1. The third-order valence-electron chi connectivity index (χ3n) is 2.36. The maximum atomic E-state index is 11.0. The quantitative estimate of drug-likeness (QED) is 0.686. The van der Waals surface area contributed by atoms with Crippen LogP contribution >= 0.6 is 23.4 Å². The minimum Gasteiger partial charge on any atom is -0.478 e. The van der Waals surface area contributed by atoms with Crippen molar-refractivity contribution >= 4 is 35.0 Å². The molecule has 2 aromatic rings. The zero-order valence-electron chi connectivity index (χ0n) is 9.82. The van der Waals surface area contributed by atoms with E-state index in [-0.39, 0.29) is 21.3 Å². The predicted molar refractivity (Wildman–Crippen MR) is 73.4 cm³/mol. The van der Waals surface area contributed by atoms with Crippen LogP contribution in [0.15, 0.2) is 46.5 Å². The van der Waals surface area contributed by atoms with Gasteiger partial charge in [-0.1, -0.05) is 35.5 Å². The number of para-hydroxylation sites is 1. The van der Waals surface area contributed by atoms with Crippen molar-refractivity contribution in [2.24, 2.45) is 0 Å². The molecule has 0 saturated carbocycles. The van der Waals surface area contributed by atoms with E-state index in [4.69, 9.17) is 16.7 Å². The summed E-state index contributed by atoms with van der Waals surface area (Å²) in [6.45, 7) is 0. The van der Waals surface area contributed by atoms with Gasteiger partial charge in [0.05, 0.1) is 20.4 Å². The fourth-order valence-corrected chi connectivity index (χ4v) is 2.68. The number of aromatic carboxylic acids is 1. The second-order valence-electron chi connectivity index (χ2n) is 3.61. The molecule has 0 spiro atoms. The zero-order valence-corrected chi connectivity index (χ0v) is 11.4. The Hall–Kier alpha value is -2.12. The van der Waals surface area contributed by atoms with E-state index in [1.165, 1.54) is 18.3 Å². The Labute approximate surface area is 122 Å². The molecular weight excluding hydrogens is 304 g/mol. The van der Waals surface area contributed by atoms with Gasteiger partial charge in [0.15, 0.2) is 0 Å². The number of nitrogens with zero attached hydrogens (tertiary/aromatic N) is 2. The molecule has 0 atom stereocenters. The van der Waals surface area contributed by atoms with E-state index in [9.17, 15) is 14.9 Å². The van der Waals surface area contributed by atoms with Crippen molar-refractivity contribution in [1.29, 1.82) is 0 Å². The summed E-state index contributed by atoms with van der Waals surface area (Å²) in [6, 6.07) is 7.37. The summed E-state index contributed by atoms with van der Waals surface area (Å²) < 4.78 is 0. The number of nitro groups is 1. The van der Waals surface area contributed by atoms with E-state index in [0.29, 0.717) is 4.90 Å². The summed E-state index contributed by atoms with van der Waals surface area (Å²) in [5.41, 5.74) is -0.182. The van der Waals surface area contributed by atoms with Gasteiger partial charge in [-0.3, -0.25) is 10.1 Å². The van der Waals surface area contributed by atoms with Gasteiger partial charge in [-0.05, 0) is 12.1 Å². The normalized spacial score (nSPS) is 10.2. The second-order valence-corrected chi connectivity index (χ2v) is 5.02. The van der Waals surface area contributed by atoms with E-state index in [2.05, 4.69) is 4.98 Å². The number of benzene rings is 1. The summed E-state index contributed by atoms with van der Waals surface area (Å²) >= 11 is 6.90. The molecule has 1 aromatic carbocycles. The van der Waals surface area contributed by atoms with Crippen molar-refractivity contribution in [2.45, 2.75) is 9.92 Å². The molecule has 0 unspecified atom stereocenters. The Morgan fingerprint density at radius 2 is 2.05 bits per heavy atom. The first-order valence-corrected chi connectivity index (χ1v) is 6.49. The lowest BCUT2D eigenvalue weighted by Crippen LogP contribution is -1.99. The highest BCUT2D eigenvalue weighted by Crippen LogP contribution is 2.37. The average Bonchev–Trinajstić information content (AvgIpc) is 2.41. The first-order valence-electron chi connectivity index (χ1n) is 5.29. The summed E-state index contributed by atoms with van der Waals surface area (Å²) in [4.78, 5) is 25.7. The molecule has 1 aromatic heterocycles. The number of hydrogen-bond acceptors (Lipinski definition) is 5. The molecule has 1 N–H and O–H groups in total. The molecule has 0 radical (unpaired) electrons. The molecule has 0 amide bonds. The van der Waals surface area contributed by atoms with Crippen LogP contribution in [0.25, 0.3) is 0 Å². The Kier molecular flexibility index (Phi) is 4.21. The van der Waals surface area contributed by atoms with Crippen LogP contribution < -0.4 is 0 Å². The fraction of sp³-hybridized carbons (Fsp3) is 0. The number of halogens is 1. The van der Waals surface area contributed by atoms with Crippen molar-refractivity contribution < 1.29 is 14.8 Å². The van der Waals surface area contributed by atoms with Gasteiger partial charge in [0, 0.05) is 12.3 Å². The van der Waals surface area contributed by atoms with Crippen LogP contribution in [0.5, 0.6) is 0 Å². The smallest absolute Gasteiger partial charge is 0.337 e. The van der Waals surface area contributed by atoms with E-state index in [1.807, 2.05) is 0 Å². The van der Waals surface area contributed by atoms with Gasteiger partial charge in [-0.25, -0.2) is 9.78 Å². The average molecular weight is 311 g/mol. The molecule has 8 heteroatoms. The van der Waals surface area contributed by atoms with Crippen molar-refractivity contribution in [3.8, 4) is 0 Å². The van der Waals surface area contributed by atoms with Crippen LogP contribution in [0.1, 0.15) is 10.4 Å². The first kappa shape index (κ1) is 14.3. The second kappa shape index (κ2) is 5.89. The number of nitro benzene ring substituents is 1. The van der Waals surface area contributed by atoms with Crippen molar-refractivity contribution in [1.82, 2.24) is 4.98 Å². The van der Waals surface area contributed by atoms with E-state index >= 15 is 0 Å². The van der Waals surface area contributed by atoms with Crippen LogP contribution in [0, 0.1) is 10.1 Å². The van der Waals surface area contributed by atoms with E-state index in [1.54, 1.807) is 18.2 Å². The number of hydrogen-bond donors (Lipinski definition) is 1. The topological polar surface area (TPSA) is 93.3 Å². The number of carboxylic acids is 1. The molecule has 0 saturated heterocycles. The van der Waals surface area contributed by atoms with Crippen LogP contribution in [-0.4, -0.2) is 21.0 Å². The number of pyridine rings is 1. The first-order chi connectivity index (χ1) is 9.50. The van der Waals surface area contributed by atoms with Gasteiger partial charge < -0.3 is 5.11 Å². The largest absolute Gasteiger partial charge is 0.478 e.